The molecule has 0 aliphatic heterocycles. The Morgan fingerprint density at radius 1 is 1.04 bits per heavy atom. The van der Waals surface area contributed by atoms with Crippen LogP contribution in [-0.2, 0) is 0 Å². The molecule has 0 spiro atoms. The fourth-order valence-electron chi connectivity index (χ4n) is 2.68. The van der Waals surface area contributed by atoms with Gasteiger partial charge in [-0.1, -0.05) is 48.0 Å². The summed E-state index contributed by atoms with van der Waals surface area (Å²) in [4.78, 5) is 12.7. The molecule has 0 heterocycles. The molecular weight excluding hydrogens is 284 g/mol. The van der Waals surface area contributed by atoms with Crippen LogP contribution < -0.4 is 0 Å². The summed E-state index contributed by atoms with van der Waals surface area (Å²) in [7, 11) is 0. The molecule has 2 aromatic carbocycles. The van der Waals surface area contributed by atoms with E-state index in [2.05, 4.69) is 0 Å². The number of aryl methyl sites for hydroxylation is 2. The van der Waals surface area contributed by atoms with Crippen molar-refractivity contribution in [2.75, 3.05) is 0 Å². The van der Waals surface area contributed by atoms with Crippen molar-refractivity contribution in [3.05, 3.63) is 70.8 Å². The van der Waals surface area contributed by atoms with Gasteiger partial charge in [0.05, 0.1) is 12.1 Å². The van der Waals surface area contributed by atoms with Crippen molar-refractivity contribution >= 4 is 5.78 Å². The van der Waals surface area contributed by atoms with Crippen LogP contribution in [0.25, 0.3) is 0 Å². The average Bonchev–Trinajstić information content (AvgIpc) is 2.57. The number of nitriles is 2. The molecular formula is C20H18N2O. The number of benzene rings is 2. The van der Waals surface area contributed by atoms with Crippen LogP contribution in [0.1, 0.15) is 39.4 Å². The van der Waals surface area contributed by atoms with Crippen LogP contribution in [0, 0.1) is 42.4 Å². The third kappa shape index (κ3) is 3.84. The topological polar surface area (TPSA) is 64.7 Å². The molecule has 1 atom stereocenters. The highest BCUT2D eigenvalue weighted by Gasteiger charge is 2.26. The second-order valence-electron chi connectivity index (χ2n) is 5.70. The van der Waals surface area contributed by atoms with E-state index in [1.165, 1.54) is 0 Å². The summed E-state index contributed by atoms with van der Waals surface area (Å²) in [6, 6.07) is 19.1. The largest absolute Gasteiger partial charge is 0.294 e. The number of Topliss-reactive ketones (excluding diaryl/α,β-unsaturated/α-hetero) is 1. The van der Waals surface area contributed by atoms with Crippen molar-refractivity contribution in [1.29, 1.82) is 10.5 Å². The molecule has 2 aromatic rings. The van der Waals surface area contributed by atoms with Gasteiger partial charge in [0.15, 0.2) is 5.78 Å². The summed E-state index contributed by atoms with van der Waals surface area (Å²) in [6.07, 6.45) is 0.153. The number of hydrogen-bond donors (Lipinski definition) is 0. The monoisotopic (exact) mass is 302 g/mol. The average molecular weight is 302 g/mol. The van der Waals surface area contributed by atoms with Gasteiger partial charge in [-0.05, 0) is 31.0 Å². The van der Waals surface area contributed by atoms with E-state index in [4.69, 9.17) is 0 Å². The van der Waals surface area contributed by atoms with Gasteiger partial charge in [0, 0.05) is 17.9 Å². The summed E-state index contributed by atoms with van der Waals surface area (Å²) in [5, 5.41) is 18.5. The van der Waals surface area contributed by atoms with Crippen molar-refractivity contribution in [3.8, 4) is 12.1 Å². The highest BCUT2D eigenvalue weighted by molar-refractivity contribution is 5.98. The fourth-order valence-corrected chi connectivity index (χ4v) is 2.68. The Morgan fingerprint density at radius 3 is 2.30 bits per heavy atom. The first-order chi connectivity index (χ1) is 11.1. The van der Waals surface area contributed by atoms with Crippen molar-refractivity contribution < 1.29 is 4.79 Å². The molecule has 2 rings (SSSR count). The lowest BCUT2D eigenvalue weighted by atomic mass is 9.82. The minimum Gasteiger partial charge on any atom is -0.294 e. The van der Waals surface area contributed by atoms with E-state index in [-0.39, 0.29) is 12.2 Å². The Morgan fingerprint density at radius 2 is 1.70 bits per heavy atom. The molecule has 1 unspecified atom stereocenters. The second-order valence-corrected chi connectivity index (χ2v) is 5.70. The van der Waals surface area contributed by atoms with Crippen LogP contribution in [0.5, 0.6) is 0 Å². The maximum atomic E-state index is 12.7. The lowest BCUT2D eigenvalue weighted by Crippen LogP contribution is -2.15. The zero-order valence-electron chi connectivity index (χ0n) is 13.3. The van der Waals surface area contributed by atoms with Crippen molar-refractivity contribution in [2.45, 2.75) is 26.2 Å². The molecule has 0 fully saturated rings. The Hall–Kier alpha value is -2.91. The van der Waals surface area contributed by atoms with Crippen LogP contribution in [-0.4, -0.2) is 5.78 Å². The molecule has 0 aromatic heterocycles. The van der Waals surface area contributed by atoms with Crippen LogP contribution in [0.4, 0.5) is 0 Å². The highest BCUT2D eigenvalue weighted by atomic mass is 16.1. The van der Waals surface area contributed by atoms with Gasteiger partial charge >= 0.3 is 0 Å². The molecule has 3 nitrogen and oxygen atoms in total. The first-order valence-electron chi connectivity index (χ1n) is 7.51. The zero-order chi connectivity index (χ0) is 16.8. The Kier molecular flexibility index (Phi) is 5.28. The van der Waals surface area contributed by atoms with E-state index < -0.39 is 11.8 Å². The van der Waals surface area contributed by atoms with Crippen molar-refractivity contribution in [2.24, 2.45) is 5.92 Å². The minimum absolute atomic E-state index is 0.0319. The maximum absolute atomic E-state index is 12.7. The predicted molar refractivity (Wildman–Crippen MR) is 88.8 cm³/mol. The molecule has 0 N–H and O–H groups in total. The molecule has 114 valence electrons. The molecule has 0 amide bonds. The number of ketones is 1. The molecule has 0 aliphatic carbocycles. The lowest BCUT2D eigenvalue weighted by Gasteiger charge is -2.18. The van der Waals surface area contributed by atoms with E-state index in [0.717, 1.165) is 16.7 Å². The first-order valence-corrected chi connectivity index (χ1v) is 7.51. The predicted octanol–water partition coefficient (Wildman–Crippen LogP) is 4.32. The number of nitrogens with zero attached hydrogens (tertiary/aromatic N) is 2. The summed E-state index contributed by atoms with van der Waals surface area (Å²) in [5.74, 6) is -1.29. The Labute approximate surface area is 136 Å². The normalized spacial score (nSPS) is 11.5. The van der Waals surface area contributed by atoms with Gasteiger partial charge in [0.2, 0.25) is 0 Å². The van der Waals surface area contributed by atoms with Crippen LogP contribution >= 0.6 is 0 Å². The van der Waals surface area contributed by atoms with Crippen molar-refractivity contribution in [3.63, 3.8) is 0 Å². The number of rotatable bonds is 5. The maximum Gasteiger partial charge on any atom is 0.163 e. The molecule has 3 heteroatoms. The summed E-state index contributed by atoms with van der Waals surface area (Å²) in [6.45, 7) is 3.84. The van der Waals surface area contributed by atoms with Crippen LogP contribution in [0.3, 0.4) is 0 Å². The SMILES string of the molecule is Cc1ccc(C)c(C(=O)CC(c2ccccc2)C(C#N)C#N)c1. The fraction of sp³-hybridized carbons (Fsp3) is 0.250. The summed E-state index contributed by atoms with van der Waals surface area (Å²) < 4.78 is 0. The van der Waals surface area contributed by atoms with E-state index in [1.807, 2.05) is 74.5 Å². The molecule has 0 saturated carbocycles. The first kappa shape index (κ1) is 16.5. The van der Waals surface area contributed by atoms with Gasteiger partial charge < -0.3 is 0 Å². The van der Waals surface area contributed by atoms with Gasteiger partial charge in [-0.2, -0.15) is 10.5 Å². The number of carbonyl (C=O) groups is 1. The Bertz CT molecular complexity index is 768. The van der Waals surface area contributed by atoms with E-state index in [0.29, 0.717) is 5.56 Å². The molecule has 0 radical (unpaired) electrons. The third-order valence-corrected chi connectivity index (χ3v) is 4.01. The molecule has 0 aliphatic rings. The summed E-state index contributed by atoms with van der Waals surface area (Å²) >= 11 is 0. The molecule has 23 heavy (non-hydrogen) atoms. The van der Waals surface area contributed by atoms with Crippen LogP contribution in [0.15, 0.2) is 48.5 Å². The lowest BCUT2D eigenvalue weighted by molar-refractivity contribution is 0.0970. The van der Waals surface area contributed by atoms with Gasteiger partial charge in [-0.15, -0.1) is 0 Å². The minimum atomic E-state index is -0.841. The van der Waals surface area contributed by atoms with Crippen molar-refractivity contribution in [1.82, 2.24) is 0 Å². The van der Waals surface area contributed by atoms with E-state index in [1.54, 1.807) is 0 Å². The molecule has 0 bridgehead atoms. The van der Waals surface area contributed by atoms with Gasteiger partial charge in [-0.25, -0.2) is 0 Å². The van der Waals surface area contributed by atoms with E-state index >= 15 is 0 Å². The van der Waals surface area contributed by atoms with Gasteiger partial charge in [0.1, 0.15) is 5.92 Å². The Balaban J connectivity index is 2.35. The quantitative estimate of drug-likeness (QED) is 0.772. The zero-order valence-corrected chi connectivity index (χ0v) is 13.3. The number of carbonyl (C=O) groups excluding carboxylic acids is 1. The highest BCUT2D eigenvalue weighted by Crippen LogP contribution is 2.30. The second kappa shape index (κ2) is 7.38. The van der Waals surface area contributed by atoms with Gasteiger partial charge in [-0.3, -0.25) is 4.79 Å². The van der Waals surface area contributed by atoms with Crippen LogP contribution in [0.2, 0.25) is 0 Å². The number of hydrogen-bond acceptors (Lipinski definition) is 3. The standard InChI is InChI=1S/C20H18N2O/c1-14-8-9-15(2)18(10-14)20(23)11-19(17(12-21)13-22)16-6-4-3-5-7-16/h3-10,17,19H,11H2,1-2H3. The molecule has 0 saturated heterocycles. The third-order valence-electron chi connectivity index (χ3n) is 4.01. The summed E-state index contributed by atoms with van der Waals surface area (Å²) in [5.41, 5.74) is 3.45. The smallest absolute Gasteiger partial charge is 0.163 e. The van der Waals surface area contributed by atoms with Gasteiger partial charge in [0.25, 0.3) is 0 Å². The van der Waals surface area contributed by atoms with E-state index in [9.17, 15) is 15.3 Å².